The van der Waals surface area contributed by atoms with Gasteiger partial charge in [-0.2, -0.15) is 0 Å². The minimum absolute atomic E-state index is 0.253. The van der Waals surface area contributed by atoms with Crippen LogP contribution in [0.15, 0.2) is 29.3 Å². The molecule has 2 aliphatic rings. The molecule has 0 radical (unpaired) electrons. The van der Waals surface area contributed by atoms with E-state index in [0.717, 1.165) is 37.6 Å². The molecular formula is C15H20N2O2. The highest BCUT2D eigenvalue weighted by Gasteiger charge is 2.28. The highest BCUT2D eigenvalue weighted by Crippen LogP contribution is 2.21. The predicted molar refractivity (Wildman–Crippen MR) is 74.8 cm³/mol. The number of hydrogen-bond acceptors (Lipinski definition) is 4. The number of aliphatic imine (C=N–C) groups is 1. The van der Waals surface area contributed by atoms with Gasteiger partial charge in [0, 0.05) is 12.5 Å². The van der Waals surface area contributed by atoms with Crippen LogP contribution in [0, 0.1) is 5.92 Å². The molecule has 1 fully saturated rings. The largest absolute Gasteiger partial charge is 0.497 e. The van der Waals surface area contributed by atoms with Gasteiger partial charge in [-0.1, -0.05) is 12.1 Å². The molecule has 0 bridgehead atoms. The van der Waals surface area contributed by atoms with E-state index in [4.69, 9.17) is 14.5 Å². The van der Waals surface area contributed by atoms with E-state index >= 15 is 0 Å². The lowest BCUT2D eigenvalue weighted by Gasteiger charge is -2.07. The van der Waals surface area contributed by atoms with Crippen LogP contribution in [0.4, 0.5) is 0 Å². The zero-order chi connectivity index (χ0) is 13.1. The maximum absolute atomic E-state index is 5.76. The van der Waals surface area contributed by atoms with Gasteiger partial charge in [-0.3, -0.25) is 0 Å². The standard InChI is InChI=1S/C15H20N2O2/c1-18-14-4-2-3-11(8-14)7-13-10-19-15(17-13)12-5-6-16-9-12/h2-4,8,12-13,16H,5-7,9-10H2,1H3. The van der Waals surface area contributed by atoms with Gasteiger partial charge in [0.2, 0.25) is 0 Å². The molecular weight excluding hydrogens is 240 g/mol. The van der Waals surface area contributed by atoms with Crippen molar-refractivity contribution >= 4 is 5.90 Å². The third-order valence-electron chi connectivity index (χ3n) is 3.75. The smallest absolute Gasteiger partial charge is 0.188 e. The minimum Gasteiger partial charge on any atom is -0.497 e. The molecule has 1 N–H and O–H groups in total. The van der Waals surface area contributed by atoms with Gasteiger partial charge in [0.25, 0.3) is 0 Å². The van der Waals surface area contributed by atoms with Crippen LogP contribution in [0.3, 0.4) is 0 Å². The van der Waals surface area contributed by atoms with Gasteiger partial charge >= 0.3 is 0 Å². The molecule has 4 heteroatoms. The third kappa shape index (κ3) is 2.89. The second-order valence-electron chi connectivity index (χ2n) is 5.18. The van der Waals surface area contributed by atoms with Gasteiger partial charge in [-0.25, -0.2) is 4.99 Å². The summed E-state index contributed by atoms with van der Waals surface area (Å²) >= 11 is 0. The molecule has 3 rings (SSSR count). The van der Waals surface area contributed by atoms with Crippen LogP contribution in [-0.4, -0.2) is 38.7 Å². The molecule has 1 aromatic carbocycles. The molecule has 0 saturated carbocycles. The fourth-order valence-electron chi connectivity index (χ4n) is 2.70. The Hall–Kier alpha value is -1.55. The number of methoxy groups -OCH3 is 1. The summed E-state index contributed by atoms with van der Waals surface area (Å²) in [5, 5.41) is 3.35. The summed E-state index contributed by atoms with van der Waals surface area (Å²) in [5.74, 6) is 2.34. The number of nitrogens with one attached hydrogen (secondary N) is 1. The molecule has 4 nitrogen and oxygen atoms in total. The SMILES string of the molecule is COc1cccc(CC2COC(C3CCNC3)=N2)c1. The van der Waals surface area contributed by atoms with Crippen molar-refractivity contribution in [3.8, 4) is 5.75 Å². The van der Waals surface area contributed by atoms with Gasteiger partial charge in [0.1, 0.15) is 12.4 Å². The summed E-state index contributed by atoms with van der Waals surface area (Å²) in [4.78, 5) is 4.73. The molecule has 0 aromatic heterocycles. The number of hydrogen-bond donors (Lipinski definition) is 1. The summed E-state index contributed by atoms with van der Waals surface area (Å²) in [7, 11) is 1.70. The summed E-state index contributed by atoms with van der Waals surface area (Å²) in [6.45, 7) is 2.79. The first kappa shape index (κ1) is 12.5. The van der Waals surface area contributed by atoms with Crippen molar-refractivity contribution in [3.63, 3.8) is 0 Å². The lowest BCUT2D eigenvalue weighted by atomic mass is 10.1. The summed E-state index contributed by atoms with van der Waals surface area (Å²) in [6.07, 6.45) is 2.06. The molecule has 2 atom stereocenters. The summed E-state index contributed by atoms with van der Waals surface area (Å²) in [5.41, 5.74) is 1.25. The van der Waals surface area contributed by atoms with E-state index < -0.39 is 0 Å². The Morgan fingerprint density at radius 2 is 2.42 bits per heavy atom. The van der Waals surface area contributed by atoms with Crippen LogP contribution in [0.1, 0.15) is 12.0 Å². The molecule has 19 heavy (non-hydrogen) atoms. The maximum atomic E-state index is 5.76. The average molecular weight is 260 g/mol. The molecule has 102 valence electrons. The summed E-state index contributed by atoms with van der Waals surface area (Å²) in [6, 6.07) is 8.43. The van der Waals surface area contributed by atoms with E-state index in [-0.39, 0.29) is 6.04 Å². The lowest BCUT2D eigenvalue weighted by molar-refractivity contribution is 0.298. The van der Waals surface area contributed by atoms with Crippen molar-refractivity contribution in [1.29, 1.82) is 0 Å². The van der Waals surface area contributed by atoms with E-state index in [1.54, 1.807) is 7.11 Å². The van der Waals surface area contributed by atoms with Crippen molar-refractivity contribution in [1.82, 2.24) is 5.32 Å². The Balaban J connectivity index is 1.64. The fourth-order valence-corrected chi connectivity index (χ4v) is 2.70. The van der Waals surface area contributed by atoms with Crippen LogP contribution in [-0.2, 0) is 11.2 Å². The Labute approximate surface area is 113 Å². The predicted octanol–water partition coefficient (Wildman–Crippen LogP) is 1.64. The first-order valence-corrected chi connectivity index (χ1v) is 6.89. The van der Waals surface area contributed by atoms with Gasteiger partial charge in [-0.15, -0.1) is 0 Å². The Kier molecular flexibility index (Phi) is 3.69. The van der Waals surface area contributed by atoms with Gasteiger partial charge in [0.05, 0.1) is 13.2 Å². The summed E-state index contributed by atoms with van der Waals surface area (Å²) < 4.78 is 11.0. The second-order valence-corrected chi connectivity index (χ2v) is 5.18. The maximum Gasteiger partial charge on any atom is 0.188 e. The molecule has 0 aliphatic carbocycles. The van der Waals surface area contributed by atoms with E-state index in [9.17, 15) is 0 Å². The van der Waals surface area contributed by atoms with Crippen molar-refractivity contribution < 1.29 is 9.47 Å². The minimum atomic E-state index is 0.253. The number of rotatable bonds is 4. The zero-order valence-corrected chi connectivity index (χ0v) is 11.3. The molecule has 2 aliphatic heterocycles. The first-order valence-electron chi connectivity index (χ1n) is 6.89. The lowest BCUT2D eigenvalue weighted by Crippen LogP contribution is -2.17. The van der Waals surface area contributed by atoms with Crippen LogP contribution in [0.5, 0.6) is 5.75 Å². The van der Waals surface area contributed by atoms with E-state index in [1.165, 1.54) is 5.56 Å². The van der Waals surface area contributed by atoms with Crippen LogP contribution in [0.2, 0.25) is 0 Å². The molecule has 0 amide bonds. The highest BCUT2D eigenvalue weighted by atomic mass is 16.5. The zero-order valence-electron chi connectivity index (χ0n) is 11.3. The second kappa shape index (κ2) is 5.61. The third-order valence-corrected chi connectivity index (χ3v) is 3.75. The van der Waals surface area contributed by atoms with Gasteiger partial charge in [-0.05, 0) is 37.1 Å². The highest BCUT2D eigenvalue weighted by molar-refractivity contribution is 5.80. The van der Waals surface area contributed by atoms with Crippen LogP contribution in [0.25, 0.3) is 0 Å². The first-order chi connectivity index (χ1) is 9.35. The quantitative estimate of drug-likeness (QED) is 0.895. The van der Waals surface area contributed by atoms with E-state index in [0.29, 0.717) is 12.5 Å². The monoisotopic (exact) mass is 260 g/mol. The fraction of sp³-hybridized carbons (Fsp3) is 0.533. The van der Waals surface area contributed by atoms with E-state index in [1.807, 2.05) is 12.1 Å². The molecule has 1 saturated heterocycles. The topological polar surface area (TPSA) is 42.9 Å². The molecule has 2 heterocycles. The van der Waals surface area contributed by atoms with Crippen LogP contribution >= 0.6 is 0 Å². The molecule has 2 unspecified atom stereocenters. The normalized spacial score (nSPS) is 26.1. The molecule has 1 aromatic rings. The average Bonchev–Trinajstić information content (AvgIpc) is 3.09. The van der Waals surface area contributed by atoms with Crippen molar-refractivity contribution in [2.45, 2.75) is 18.9 Å². The molecule has 0 spiro atoms. The number of nitrogens with zero attached hydrogens (tertiary/aromatic N) is 1. The van der Waals surface area contributed by atoms with Crippen LogP contribution < -0.4 is 10.1 Å². The van der Waals surface area contributed by atoms with Gasteiger partial charge in [0.15, 0.2) is 5.90 Å². The Morgan fingerprint density at radius 3 is 3.21 bits per heavy atom. The van der Waals surface area contributed by atoms with Gasteiger partial charge < -0.3 is 14.8 Å². The Morgan fingerprint density at radius 1 is 1.47 bits per heavy atom. The Bertz CT molecular complexity index is 467. The number of benzene rings is 1. The van der Waals surface area contributed by atoms with Crippen molar-refractivity contribution in [2.75, 3.05) is 26.8 Å². The number of ether oxygens (including phenoxy) is 2. The van der Waals surface area contributed by atoms with Crippen molar-refractivity contribution in [3.05, 3.63) is 29.8 Å². The van der Waals surface area contributed by atoms with E-state index in [2.05, 4.69) is 17.4 Å². The van der Waals surface area contributed by atoms with Crippen molar-refractivity contribution in [2.24, 2.45) is 10.9 Å².